The number of aryl methyl sites for hydroxylation is 3. The van der Waals surface area contributed by atoms with E-state index in [0.29, 0.717) is 0 Å². The van der Waals surface area contributed by atoms with Gasteiger partial charge in [-0.3, -0.25) is 0 Å². The molecule has 0 spiro atoms. The van der Waals surface area contributed by atoms with E-state index in [9.17, 15) is 0 Å². The van der Waals surface area contributed by atoms with E-state index in [1.807, 2.05) is 25.1 Å². The van der Waals surface area contributed by atoms with Crippen LogP contribution in [0.25, 0.3) is 0 Å². The summed E-state index contributed by atoms with van der Waals surface area (Å²) in [6.07, 6.45) is 0. The number of nitrogens with two attached hydrogens (primary N) is 1. The summed E-state index contributed by atoms with van der Waals surface area (Å²) in [5, 5.41) is 0. The molecular formula is C18H23NO2. The molecule has 0 amide bonds. The molecule has 2 rings (SSSR count). The fourth-order valence-corrected chi connectivity index (χ4v) is 2.63. The van der Waals surface area contributed by atoms with Gasteiger partial charge in [0.05, 0.1) is 20.3 Å². The Morgan fingerprint density at radius 3 is 2.10 bits per heavy atom. The average molecular weight is 285 g/mol. The van der Waals surface area contributed by atoms with E-state index in [-0.39, 0.29) is 6.04 Å². The molecule has 0 aliphatic rings. The highest BCUT2D eigenvalue weighted by molar-refractivity contribution is 5.49. The molecule has 0 aromatic heterocycles. The van der Waals surface area contributed by atoms with Gasteiger partial charge in [-0.15, -0.1) is 0 Å². The molecule has 0 saturated heterocycles. The van der Waals surface area contributed by atoms with Crippen molar-refractivity contribution in [3.63, 3.8) is 0 Å². The lowest BCUT2D eigenvalue weighted by molar-refractivity contribution is 0.407. The second kappa shape index (κ2) is 6.19. The van der Waals surface area contributed by atoms with Crippen LogP contribution in [-0.4, -0.2) is 14.2 Å². The molecular weight excluding hydrogens is 262 g/mol. The third kappa shape index (κ3) is 3.03. The highest BCUT2D eigenvalue weighted by Crippen LogP contribution is 2.33. The lowest BCUT2D eigenvalue weighted by Crippen LogP contribution is -2.15. The maximum absolute atomic E-state index is 6.50. The van der Waals surface area contributed by atoms with Crippen LogP contribution in [0.1, 0.15) is 33.9 Å². The molecule has 112 valence electrons. The average Bonchev–Trinajstić information content (AvgIpc) is 2.48. The van der Waals surface area contributed by atoms with Crippen LogP contribution in [0.15, 0.2) is 30.3 Å². The molecule has 0 fully saturated rings. The lowest BCUT2D eigenvalue weighted by Gasteiger charge is -2.20. The fourth-order valence-electron chi connectivity index (χ4n) is 2.63. The number of hydrogen-bond acceptors (Lipinski definition) is 3. The summed E-state index contributed by atoms with van der Waals surface area (Å²) in [6, 6.07) is 10.00. The van der Waals surface area contributed by atoms with Crippen LogP contribution in [0.4, 0.5) is 0 Å². The van der Waals surface area contributed by atoms with Crippen molar-refractivity contribution < 1.29 is 9.47 Å². The molecule has 0 radical (unpaired) electrons. The van der Waals surface area contributed by atoms with E-state index in [1.165, 1.54) is 5.56 Å². The largest absolute Gasteiger partial charge is 0.496 e. The van der Waals surface area contributed by atoms with E-state index in [1.54, 1.807) is 14.2 Å². The summed E-state index contributed by atoms with van der Waals surface area (Å²) < 4.78 is 10.8. The number of benzene rings is 2. The van der Waals surface area contributed by atoms with Crippen molar-refractivity contribution in [3.05, 3.63) is 58.1 Å². The minimum absolute atomic E-state index is 0.218. The minimum Gasteiger partial charge on any atom is -0.496 e. The molecule has 0 aliphatic carbocycles. The van der Waals surface area contributed by atoms with Gasteiger partial charge < -0.3 is 15.2 Å². The van der Waals surface area contributed by atoms with Crippen molar-refractivity contribution in [3.8, 4) is 11.5 Å². The normalized spacial score (nSPS) is 12.1. The fraction of sp³-hybridized carbons (Fsp3) is 0.333. The zero-order valence-electron chi connectivity index (χ0n) is 13.4. The van der Waals surface area contributed by atoms with E-state index >= 15 is 0 Å². The number of rotatable bonds is 4. The summed E-state index contributed by atoms with van der Waals surface area (Å²) in [7, 11) is 3.36. The molecule has 2 N–H and O–H groups in total. The quantitative estimate of drug-likeness (QED) is 0.932. The van der Waals surface area contributed by atoms with Gasteiger partial charge in [-0.25, -0.2) is 0 Å². The summed E-state index contributed by atoms with van der Waals surface area (Å²) >= 11 is 0. The molecule has 3 heteroatoms. The van der Waals surface area contributed by atoms with Crippen LogP contribution in [0.2, 0.25) is 0 Å². The van der Waals surface area contributed by atoms with Crippen LogP contribution in [0, 0.1) is 20.8 Å². The zero-order valence-corrected chi connectivity index (χ0v) is 13.4. The van der Waals surface area contributed by atoms with Gasteiger partial charge in [-0.05, 0) is 49.6 Å². The molecule has 1 atom stereocenters. The van der Waals surface area contributed by atoms with Gasteiger partial charge in [-0.1, -0.05) is 23.8 Å². The van der Waals surface area contributed by atoms with Crippen LogP contribution in [-0.2, 0) is 0 Å². The standard InChI is InChI=1S/C18H23NO2/c1-11-6-7-16(20-4)15(8-11)18(19)14-9-13(3)17(21-5)10-12(14)2/h6-10,18H,19H2,1-5H3. The van der Waals surface area contributed by atoms with Crippen LogP contribution in [0.3, 0.4) is 0 Å². The lowest BCUT2D eigenvalue weighted by atomic mass is 9.92. The SMILES string of the molecule is COc1cc(C)c(C(N)c2cc(C)ccc2OC)cc1C. The number of methoxy groups -OCH3 is 2. The Balaban J connectivity index is 2.52. The third-order valence-electron chi connectivity index (χ3n) is 3.84. The summed E-state index contributed by atoms with van der Waals surface area (Å²) in [6.45, 7) is 6.14. The Hall–Kier alpha value is -2.00. The molecule has 21 heavy (non-hydrogen) atoms. The summed E-state index contributed by atoms with van der Waals surface area (Å²) in [5.41, 5.74) is 12.0. The number of hydrogen-bond donors (Lipinski definition) is 1. The highest BCUT2D eigenvalue weighted by atomic mass is 16.5. The van der Waals surface area contributed by atoms with Crippen LogP contribution >= 0.6 is 0 Å². The highest BCUT2D eigenvalue weighted by Gasteiger charge is 2.17. The molecule has 2 aromatic carbocycles. The smallest absolute Gasteiger partial charge is 0.123 e. The monoisotopic (exact) mass is 285 g/mol. The second-order valence-electron chi connectivity index (χ2n) is 5.40. The first-order valence-electron chi connectivity index (χ1n) is 7.03. The van der Waals surface area contributed by atoms with Crippen molar-refractivity contribution in [2.24, 2.45) is 5.73 Å². The van der Waals surface area contributed by atoms with Gasteiger partial charge in [0.25, 0.3) is 0 Å². The molecule has 0 saturated carbocycles. The van der Waals surface area contributed by atoms with Gasteiger partial charge in [0, 0.05) is 5.56 Å². The summed E-state index contributed by atoms with van der Waals surface area (Å²) in [4.78, 5) is 0. The first kappa shape index (κ1) is 15.4. The topological polar surface area (TPSA) is 44.5 Å². The van der Waals surface area contributed by atoms with Gasteiger partial charge in [0.1, 0.15) is 11.5 Å². The van der Waals surface area contributed by atoms with Crippen LogP contribution < -0.4 is 15.2 Å². The van der Waals surface area contributed by atoms with Crippen molar-refractivity contribution in [2.75, 3.05) is 14.2 Å². The maximum atomic E-state index is 6.50. The zero-order chi connectivity index (χ0) is 15.6. The van der Waals surface area contributed by atoms with Crippen LogP contribution in [0.5, 0.6) is 11.5 Å². The molecule has 3 nitrogen and oxygen atoms in total. The van der Waals surface area contributed by atoms with Gasteiger partial charge >= 0.3 is 0 Å². The minimum atomic E-state index is -0.218. The Morgan fingerprint density at radius 1 is 0.810 bits per heavy atom. The first-order chi connectivity index (χ1) is 9.97. The predicted octanol–water partition coefficient (Wildman–Crippen LogP) is 3.68. The molecule has 2 aromatic rings. The Kier molecular flexibility index (Phi) is 4.53. The summed E-state index contributed by atoms with van der Waals surface area (Å²) in [5.74, 6) is 1.71. The predicted molar refractivity (Wildman–Crippen MR) is 86.2 cm³/mol. The maximum Gasteiger partial charge on any atom is 0.123 e. The van der Waals surface area contributed by atoms with Gasteiger partial charge in [0.15, 0.2) is 0 Å². The van der Waals surface area contributed by atoms with E-state index in [0.717, 1.165) is 33.8 Å². The Morgan fingerprint density at radius 2 is 1.48 bits per heavy atom. The number of ether oxygens (including phenoxy) is 2. The Labute approximate surface area is 126 Å². The molecule has 0 heterocycles. The molecule has 1 unspecified atom stereocenters. The van der Waals surface area contributed by atoms with Crippen molar-refractivity contribution in [2.45, 2.75) is 26.8 Å². The van der Waals surface area contributed by atoms with E-state index < -0.39 is 0 Å². The van der Waals surface area contributed by atoms with Crippen molar-refractivity contribution >= 4 is 0 Å². The third-order valence-corrected chi connectivity index (χ3v) is 3.84. The van der Waals surface area contributed by atoms with E-state index in [2.05, 4.69) is 26.0 Å². The van der Waals surface area contributed by atoms with E-state index in [4.69, 9.17) is 15.2 Å². The second-order valence-corrected chi connectivity index (χ2v) is 5.40. The van der Waals surface area contributed by atoms with Crippen molar-refractivity contribution in [1.29, 1.82) is 0 Å². The van der Waals surface area contributed by atoms with Gasteiger partial charge in [0.2, 0.25) is 0 Å². The molecule has 0 bridgehead atoms. The van der Waals surface area contributed by atoms with Crippen molar-refractivity contribution in [1.82, 2.24) is 0 Å². The Bertz CT molecular complexity index is 650. The first-order valence-corrected chi connectivity index (χ1v) is 7.03. The van der Waals surface area contributed by atoms with Gasteiger partial charge in [-0.2, -0.15) is 0 Å². The molecule has 0 aliphatic heterocycles.